The molecule has 0 aliphatic rings. The van der Waals surface area contributed by atoms with E-state index in [1.807, 2.05) is 0 Å². The summed E-state index contributed by atoms with van der Waals surface area (Å²) in [5.74, 6) is 2.44. The van der Waals surface area contributed by atoms with Gasteiger partial charge in [0.1, 0.15) is 0 Å². The van der Waals surface area contributed by atoms with Crippen molar-refractivity contribution in [2.24, 2.45) is 0 Å². The van der Waals surface area contributed by atoms with Crippen LogP contribution < -0.4 is 5.32 Å². The molecule has 0 aliphatic heterocycles. The van der Waals surface area contributed by atoms with Crippen LogP contribution in [0.1, 0.15) is 0 Å². The van der Waals surface area contributed by atoms with Gasteiger partial charge in [-0.25, -0.2) is 0 Å². The molecule has 0 unspecified atom stereocenters. The Morgan fingerprint density at radius 3 is 3.00 bits per heavy atom. The number of terminal acetylenes is 1. The van der Waals surface area contributed by atoms with Crippen molar-refractivity contribution in [3.05, 3.63) is 12.7 Å². The van der Waals surface area contributed by atoms with E-state index in [1.54, 1.807) is 6.08 Å². The van der Waals surface area contributed by atoms with Gasteiger partial charge in [0.05, 0.1) is 6.54 Å². The minimum atomic E-state index is 0.631. The Kier molecular flexibility index (Phi) is 4.70. The summed E-state index contributed by atoms with van der Waals surface area (Å²) < 4.78 is 0. The van der Waals surface area contributed by atoms with E-state index in [1.165, 1.54) is 0 Å². The number of nitrogens with one attached hydrogen (secondary N) is 1. The molecule has 38 valence electrons. The summed E-state index contributed by atoms with van der Waals surface area (Å²) >= 11 is 0. The summed E-state index contributed by atoms with van der Waals surface area (Å²) in [7, 11) is 0. The Morgan fingerprint density at radius 1 is 1.86 bits per heavy atom. The maximum Gasteiger partial charge on any atom is 0.0576 e. The van der Waals surface area contributed by atoms with Gasteiger partial charge in [-0.1, -0.05) is 12.0 Å². The molecule has 0 heterocycles. The largest absolute Gasteiger partial charge is 0.303 e. The lowest BCUT2D eigenvalue weighted by Gasteiger charge is -1.88. The summed E-state index contributed by atoms with van der Waals surface area (Å²) in [6.45, 7) is 4.93. The molecule has 1 heteroatoms. The van der Waals surface area contributed by atoms with Crippen molar-refractivity contribution < 1.29 is 0 Å². The van der Waals surface area contributed by atoms with Crippen molar-refractivity contribution in [3.8, 4) is 12.3 Å². The van der Waals surface area contributed by atoms with Crippen LogP contribution >= 0.6 is 0 Å². The zero-order chi connectivity index (χ0) is 5.54. The zero-order valence-electron chi connectivity index (χ0n) is 4.28. The SMILES string of the molecule is C#CCNCC=C. The predicted molar refractivity (Wildman–Crippen MR) is 31.9 cm³/mol. The first-order valence-electron chi connectivity index (χ1n) is 2.17. The van der Waals surface area contributed by atoms with E-state index in [0.717, 1.165) is 6.54 Å². The lowest BCUT2D eigenvalue weighted by atomic mass is 10.6. The van der Waals surface area contributed by atoms with E-state index >= 15 is 0 Å². The van der Waals surface area contributed by atoms with Gasteiger partial charge in [0.15, 0.2) is 0 Å². The molecule has 0 aliphatic carbocycles. The molecule has 0 aromatic heterocycles. The van der Waals surface area contributed by atoms with Crippen molar-refractivity contribution in [1.82, 2.24) is 5.32 Å². The zero-order valence-corrected chi connectivity index (χ0v) is 4.28. The Labute approximate surface area is 44.4 Å². The highest BCUT2D eigenvalue weighted by atomic mass is 14.8. The normalized spacial score (nSPS) is 7.29. The summed E-state index contributed by atoms with van der Waals surface area (Å²) in [4.78, 5) is 0. The second-order valence-corrected chi connectivity index (χ2v) is 1.12. The molecule has 0 spiro atoms. The molecule has 0 rings (SSSR count). The summed E-state index contributed by atoms with van der Waals surface area (Å²) in [6.07, 6.45) is 6.70. The molecule has 0 atom stereocenters. The third-order valence-corrected chi connectivity index (χ3v) is 0.516. The average molecular weight is 95.1 g/mol. The predicted octanol–water partition coefficient (Wildman–Crippen LogP) is 0.395. The summed E-state index contributed by atoms with van der Waals surface area (Å²) in [6, 6.07) is 0. The summed E-state index contributed by atoms with van der Waals surface area (Å²) in [5.41, 5.74) is 0. The van der Waals surface area contributed by atoms with Gasteiger partial charge in [0.25, 0.3) is 0 Å². The minimum absolute atomic E-state index is 0.631. The monoisotopic (exact) mass is 95.1 g/mol. The van der Waals surface area contributed by atoms with Gasteiger partial charge in [-0.05, 0) is 0 Å². The molecule has 0 amide bonds. The standard InChI is InChI=1S/C6H9N/c1-3-5-7-6-4-2/h1,4,7H,2,5-6H2. The van der Waals surface area contributed by atoms with E-state index in [0.29, 0.717) is 6.54 Å². The highest BCUT2D eigenvalue weighted by Gasteiger charge is 1.69. The van der Waals surface area contributed by atoms with Crippen molar-refractivity contribution in [2.75, 3.05) is 13.1 Å². The Hall–Kier alpha value is -0.740. The van der Waals surface area contributed by atoms with Crippen LogP contribution in [0, 0.1) is 12.3 Å². The summed E-state index contributed by atoms with van der Waals surface area (Å²) in [5, 5.41) is 2.93. The van der Waals surface area contributed by atoms with Gasteiger partial charge in [-0.2, -0.15) is 0 Å². The van der Waals surface area contributed by atoms with Crippen LogP contribution in [0.5, 0.6) is 0 Å². The molecule has 0 aromatic carbocycles. The fourth-order valence-corrected chi connectivity index (χ4v) is 0.246. The van der Waals surface area contributed by atoms with Crippen molar-refractivity contribution in [3.63, 3.8) is 0 Å². The van der Waals surface area contributed by atoms with Crippen molar-refractivity contribution in [2.45, 2.75) is 0 Å². The molecule has 0 aromatic rings. The molecular weight excluding hydrogens is 86.1 g/mol. The molecule has 1 nitrogen and oxygen atoms in total. The Bertz CT molecular complexity index is 78.7. The molecular formula is C6H9N. The van der Waals surface area contributed by atoms with Crippen molar-refractivity contribution >= 4 is 0 Å². The fraction of sp³-hybridized carbons (Fsp3) is 0.333. The van der Waals surface area contributed by atoms with E-state index in [4.69, 9.17) is 6.42 Å². The van der Waals surface area contributed by atoms with E-state index in [2.05, 4.69) is 17.8 Å². The van der Waals surface area contributed by atoms with Gasteiger partial charge in [-0.15, -0.1) is 13.0 Å². The minimum Gasteiger partial charge on any atom is -0.303 e. The molecule has 0 radical (unpaired) electrons. The third-order valence-electron chi connectivity index (χ3n) is 0.516. The van der Waals surface area contributed by atoms with Gasteiger partial charge in [0, 0.05) is 6.54 Å². The Balaban J connectivity index is 2.72. The maximum absolute atomic E-state index is 4.92. The van der Waals surface area contributed by atoms with Gasteiger partial charge >= 0.3 is 0 Å². The maximum atomic E-state index is 4.92. The van der Waals surface area contributed by atoms with Crippen LogP contribution in [0.2, 0.25) is 0 Å². The van der Waals surface area contributed by atoms with E-state index in [9.17, 15) is 0 Å². The topological polar surface area (TPSA) is 12.0 Å². The number of hydrogen-bond donors (Lipinski definition) is 1. The van der Waals surface area contributed by atoms with Crippen LogP contribution in [0.15, 0.2) is 12.7 Å². The van der Waals surface area contributed by atoms with Crippen LogP contribution in [0.3, 0.4) is 0 Å². The highest BCUT2D eigenvalue weighted by Crippen LogP contribution is 1.55. The van der Waals surface area contributed by atoms with E-state index in [-0.39, 0.29) is 0 Å². The third kappa shape index (κ3) is 5.26. The average Bonchev–Trinajstić information content (AvgIpc) is 1.69. The molecule has 0 saturated carbocycles. The van der Waals surface area contributed by atoms with E-state index < -0.39 is 0 Å². The second kappa shape index (κ2) is 5.26. The fourth-order valence-electron chi connectivity index (χ4n) is 0.246. The first kappa shape index (κ1) is 6.26. The quantitative estimate of drug-likeness (QED) is 0.304. The lowest BCUT2D eigenvalue weighted by Crippen LogP contribution is -2.12. The van der Waals surface area contributed by atoms with Gasteiger partial charge < -0.3 is 5.32 Å². The van der Waals surface area contributed by atoms with Crippen molar-refractivity contribution in [1.29, 1.82) is 0 Å². The van der Waals surface area contributed by atoms with Crippen LogP contribution in [-0.4, -0.2) is 13.1 Å². The lowest BCUT2D eigenvalue weighted by molar-refractivity contribution is 0.858. The molecule has 7 heavy (non-hydrogen) atoms. The van der Waals surface area contributed by atoms with Gasteiger partial charge in [-0.3, -0.25) is 0 Å². The van der Waals surface area contributed by atoms with Crippen LogP contribution in [-0.2, 0) is 0 Å². The van der Waals surface area contributed by atoms with Crippen LogP contribution in [0.25, 0.3) is 0 Å². The van der Waals surface area contributed by atoms with Gasteiger partial charge in [0.2, 0.25) is 0 Å². The first-order chi connectivity index (χ1) is 3.41. The molecule has 0 bridgehead atoms. The van der Waals surface area contributed by atoms with Crippen LogP contribution in [0.4, 0.5) is 0 Å². The Morgan fingerprint density at radius 2 is 2.57 bits per heavy atom. The molecule has 0 fully saturated rings. The second-order valence-electron chi connectivity index (χ2n) is 1.12. The smallest absolute Gasteiger partial charge is 0.0576 e. The molecule has 1 N–H and O–H groups in total. The highest BCUT2D eigenvalue weighted by molar-refractivity contribution is 4.87. The number of rotatable bonds is 3. The number of hydrogen-bond acceptors (Lipinski definition) is 1. The molecule has 0 saturated heterocycles. The first-order valence-corrected chi connectivity index (χ1v) is 2.17.